The third-order valence-electron chi connectivity index (χ3n) is 5.93. The van der Waals surface area contributed by atoms with Crippen molar-refractivity contribution in [3.63, 3.8) is 0 Å². The van der Waals surface area contributed by atoms with Crippen molar-refractivity contribution in [2.75, 3.05) is 31.6 Å². The maximum absolute atomic E-state index is 13.0. The van der Waals surface area contributed by atoms with Crippen molar-refractivity contribution in [1.82, 2.24) is 14.7 Å². The SMILES string of the molecule is O=C(Nc1ccnn1C1CCN(C(=O)CCc2ccc(F)cc2)CC1)[C@H]1CCOC1. The van der Waals surface area contributed by atoms with E-state index in [1.54, 1.807) is 18.3 Å². The minimum Gasteiger partial charge on any atom is -0.381 e. The zero-order valence-corrected chi connectivity index (χ0v) is 16.9. The van der Waals surface area contributed by atoms with Crippen LogP contribution in [0.4, 0.5) is 10.2 Å². The summed E-state index contributed by atoms with van der Waals surface area (Å²) in [7, 11) is 0. The van der Waals surface area contributed by atoms with Crippen LogP contribution in [-0.2, 0) is 20.7 Å². The van der Waals surface area contributed by atoms with Gasteiger partial charge in [-0.05, 0) is 43.4 Å². The predicted molar refractivity (Wildman–Crippen MR) is 109 cm³/mol. The van der Waals surface area contributed by atoms with E-state index in [9.17, 15) is 14.0 Å². The minimum absolute atomic E-state index is 0.0253. The van der Waals surface area contributed by atoms with E-state index >= 15 is 0 Å². The fourth-order valence-electron chi connectivity index (χ4n) is 4.09. The van der Waals surface area contributed by atoms with E-state index < -0.39 is 0 Å². The summed E-state index contributed by atoms with van der Waals surface area (Å²) in [5.41, 5.74) is 0.962. The van der Waals surface area contributed by atoms with Gasteiger partial charge in [0.15, 0.2) is 0 Å². The van der Waals surface area contributed by atoms with E-state index in [1.807, 2.05) is 15.6 Å². The van der Waals surface area contributed by atoms with E-state index in [-0.39, 0.29) is 29.6 Å². The number of nitrogens with zero attached hydrogens (tertiary/aromatic N) is 3. The van der Waals surface area contributed by atoms with E-state index in [0.717, 1.165) is 24.8 Å². The Bertz CT molecular complexity index is 869. The van der Waals surface area contributed by atoms with Crippen LogP contribution in [0.5, 0.6) is 0 Å². The molecule has 1 aromatic carbocycles. The molecular formula is C22H27FN4O3. The molecule has 2 amide bonds. The lowest BCUT2D eigenvalue weighted by Crippen LogP contribution is -2.39. The third-order valence-corrected chi connectivity index (χ3v) is 5.93. The number of ether oxygens (including phenoxy) is 1. The van der Waals surface area contributed by atoms with E-state index in [1.165, 1.54) is 12.1 Å². The number of nitrogens with one attached hydrogen (secondary N) is 1. The number of amides is 2. The van der Waals surface area contributed by atoms with Crippen molar-refractivity contribution in [1.29, 1.82) is 0 Å². The van der Waals surface area contributed by atoms with Crippen LogP contribution >= 0.6 is 0 Å². The van der Waals surface area contributed by atoms with Crippen molar-refractivity contribution in [3.8, 4) is 0 Å². The number of rotatable bonds is 6. The van der Waals surface area contributed by atoms with E-state index in [4.69, 9.17) is 4.74 Å². The second kappa shape index (κ2) is 9.38. The predicted octanol–water partition coefficient (Wildman–Crippen LogP) is 2.79. The Labute approximate surface area is 175 Å². The lowest BCUT2D eigenvalue weighted by Gasteiger charge is -2.33. The second-order valence-corrected chi connectivity index (χ2v) is 7.95. The van der Waals surface area contributed by atoms with E-state index in [0.29, 0.717) is 45.0 Å². The Morgan fingerprint density at radius 2 is 1.90 bits per heavy atom. The second-order valence-electron chi connectivity index (χ2n) is 7.95. The van der Waals surface area contributed by atoms with Gasteiger partial charge in [-0.3, -0.25) is 9.59 Å². The van der Waals surface area contributed by atoms with Gasteiger partial charge in [0.25, 0.3) is 0 Å². The fourth-order valence-corrected chi connectivity index (χ4v) is 4.09. The Kier molecular flexibility index (Phi) is 6.42. The highest BCUT2D eigenvalue weighted by atomic mass is 19.1. The highest BCUT2D eigenvalue weighted by Crippen LogP contribution is 2.26. The monoisotopic (exact) mass is 414 g/mol. The summed E-state index contributed by atoms with van der Waals surface area (Å²) >= 11 is 0. The quantitative estimate of drug-likeness (QED) is 0.789. The van der Waals surface area contributed by atoms with Gasteiger partial charge >= 0.3 is 0 Å². The van der Waals surface area contributed by atoms with Crippen LogP contribution in [0.3, 0.4) is 0 Å². The Morgan fingerprint density at radius 1 is 1.13 bits per heavy atom. The van der Waals surface area contributed by atoms with Crippen LogP contribution in [0.15, 0.2) is 36.5 Å². The Morgan fingerprint density at radius 3 is 2.60 bits per heavy atom. The molecular weight excluding hydrogens is 387 g/mol. The highest BCUT2D eigenvalue weighted by molar-refractivity contribution is 5.92. The molecule has 30 heavy (non-hydrogen) atoms. The molecule has 1 aromatic heterocycles. The summed E-state index contributed by atoms with van der Waals surface area (Å²) < 4.78 is 20.2. The van der Waals surface area contributed by atoms with Crippen LogP contribution in [-0.4, -0.2) is 52.8 Å². The number of hydrogen-bond acceptors (Lipinski definition) is 4. The first-order valence-electron chi connectivity index (χ1n) is 10.5. The molecule has 2 aliphatic rings. The molecule has 0 bridgehead atoms. The molecule has 3 heterocycles. The molecule has 0 spiro atoms. The number of likely N-dealkylation sites (tertiary alicyclic amines) is 1. The van der Waals surface area contributed by atoms with E-state index in [2.05, 4.69) is 10.4 Å². The maximum atomic E-state index is 13.0. The van der Waals surface area contributed by atoms with Crippen LogP contribution in [0, 0.1) is 11.7 Å². The molecule has 0 unspecified atom stereocenters. The lowest BCUT2D eigenvalue weighted by molar-refractivity contribution is -0.132. The highest BCUT2D eigenvalue weighted by Gasteiger charge is 2.28. The van der Waals surface area contributed by atoms with Gasteiger partial charge in [-0.1, -0.05) is 12.1 Å². The van der Waals surface area contributed by atoms with Crippen LogP contribution in [0.25, 0.3) is 0 Å². The van der Waals surface area contributed by atoms with Gasteiger partial charge in [0, 0.05) is 32.2 Å². The average Bonchev–Trinajstić information content (AvgIpc) is 3.45. The summed E-state index contributed by atoms with van der Waals surface area (Å²) in [5.74, 6) is 0.426. The van der Waals surface area contributed by atoms with Gasteiger partial charge in [0.2, 0.25) is 11.8 Å². The topological polar surface area (TPSA) is 76.5 Å². The number of benzene rings is 1. The Balaban J connectivity index is 1.27. The molecule has 0 radical (unpaired) electrons. The number of hydrogen-bond donors (Lipinski definition) is 1. The molecule has 0 saturated carbocycles. The molecule has 2 aromatic rings. The number of aromatic nitrogens is 2. The fraction of sp³-hybridized carbons (Fsp3) is 0.500. The number of halogens is 1. The normalized spacial score (nSPS) is 19.8. The molecule has 2 aliphatic heterocycles. The smallest absolute Gasteiger partial charge is 0.231 e. The number of carbonyl (C=O) groups excluding carboxylic acids is 2. The number of aryl methyl sites for hydroxylation is 1. The average molecular weight is 414 g/mol. The third kappa shape index (κ3) is 4.87. The lowest BCUT2D eigenvalue weighted by atomic mass is 10.0. The van der Waals surface area contributed by atoms with Crippen LogP contribution in [0.1, 0.15) is 37.3 Å². The first-order valence-corrected chi connectivity index (χ1v) is 10.5. The summed E-state index contributed by atoms with van der Waals surface area (Å²) in [6, 6.07) is 8.25. The van der Waals surface area contributed by atoms with Gasteiger partial charge in [0.1, 0.15) is 11.6 Å². The molecule has 2 saturated heterocycles. The summed E-state index contributed by atoms with van der Waals surface area (Å²) in [6.07, 6.45) is 5.06. The van der Waals surface area contributed by atoms with Crippen LogP contribution < -0.4 is 5.32 Å². The summed E-state index contributed by atoms with van der Waals surface area (Å²) in [4.78, 5) is 26.8. The van der Waals surface area contributed by atoms with Gasteiger partial charge in [-0.15, -0.1) is 0 Å². The van der Waals surface area contributed by atoms with Gasteiger partial charge in [0.05, 0.1) is 24.8 Å². The standard InChI is InChI=1S/C22H27FN4O3/c23-18-4-1-16(2-5-18)3-6-21(28)26-12-8-19(9-13-26)27-20(7-11-24-27)25-22(29)17-10-14-30-15-17/h1-2,4-5,7,11,17,19H,3,6,8-10,12-15H2,(H,25,29)/t17-/m0/s1. The molecule has 160 valence electrons. The molecule has 8 heteroatoms. The molecule has 0 aliphatic carbocycles. The number of piperidine rings is 1. The molecule has 1 N–H and O–H groups in total. The zero-order valence-electron chi connectivity index (χ0n) is 16.9. The number of anilines is 1. The first kappa shape index (κ1) is 20.5. The molecule has 2 fully saturated rings. The van der Waals surface area contributed by atoms with Gasteiger partial charge in [-0.2, -0.15) is 5.10 Å². The van der Waals surface area contributed by atoms with Gasteiger partial charge < -0.3 is 15.0 Å². The van der Waals surface area contributed by atoms with Crippen molar-refractivity contribution in [3.05, 3.63) is 47.9 Å². The number of carbonyl (C=O) groups is 2. The van der Waals surface area contributed by atoms with Crippen molar-refractivity contribution in [2.45, 2.75) is 38.1 Å². The molecule has 7 nitrogen and oxygen atoms in total. The maximum Gasteiger partial charge on any atom is 0.231 e. The van der Waals surface area contributed by atoms with Crippen molar-refractivity contribution in [2.24, 2.45) is 5.92 Å². The minimum atomic E-state index is -0.266. The summed E-state index contributed by atoms with van der Waals surface area (Å²) in [5, 5.41) is 7.39. The van der Waals surface area contributed by atoms with Crippen LogP contribution in [0.2, 0.25) is 0 Å². The largest absolute Gasteiger partial charge is 0.381 e. The summed E-state index contributed by atoms with van der Waals surface area (Å²) in [6.45, 7) is 2.43. The van der Waals surface area contributed by atoms with Gasteiger partial charge in [-0.25, -0.2) is 9.07 Å². The molecule has 1 atom stereocenters. The first-order chi connectivity index (χ1) is 14.6. The molecule has 4 rings (SSSR count). The van der Waals surface area contributed by atoms with Crippen molar-refractivity contribution < 1.29 is 18.7 Å². The zero-order chi connectivity index (χ0) is 20.9. The van der Waals surface area contributed by atoms with Crippen molar-refractivity contribution >= 4 is 17.6 Å². The Hall–Kier alpha value is -2.74.